The van der Waals surface area contributed by atoms with Crippen molar-refractivity contribution < 1.29 is 9.90 Å². The Morgan fingerprint density at radius 2 is 1.96 bits per heavy atom. The highest BCUT2D eigenvalue weighted by Crippen LogP contribution is 2.28. The van der Waals surface area contributed by atoms with Gasteiger partial charge in [-0.25, -0.2) is 0 Å². The van der Waals surface area contributed by atoms with Crippen molar-refractivity contribution in [2.45, 2.75) is 25.3 Å². The SMILES string of the molecule is O=C(/C=C/c1ccccc1)N1CCC(c2ccnn2CCO)CC1. The van der Waals surface area contributed by atoms with E-state index in [0.29, 0.717) is 12.5 Å². The highest BCUT2D eigenvalue weighted by molar-refractivity contribution is 5.91. The summed E-state index contributed by atoms with van der Waals surface area (Å²) in [6, 6.07) is 11.9. The Hall–Kier alpha value is -2.40. The number of piperidine rings is 1. The van der Waals surface area contributed by atoms with Crippen LogP contribution in [0.4, 0.5) is 0 Å². The molecule has 1 fully saturated rings. The van der Waals surface area contributed by atoms with E-state index < -0.39 is 0 Å². The van der Waals surface area contributed by atoms with Crippen molar-refractivity contribution in [1.82, 2.24) is 14.7 Å². The number of benzene rings is 1. The van der Waals surface area contributed by atoms with Crippen LogP contribution in [-0.2, 0) is 11.3 Å². The van der Waals surface area contributed by atoms with E-state index in [1.54, 1.807) is 12.3 Å². The Bertz CT molecular complexity index is 686. The van der Waals surface area contributed by atoms with Crippen molar-refractivity contribution in [3.05, 3.63) is 59.9 Å². The highest BCUT2D eigenvalue weighted by Gasteiger charge is 2.24. The van der Waals surface area contributed by atoms with E-state index in [4.69, 9.17) is 5.11 Å². The van der Waals surface area contributed by atoms with E-state index in [0.717, 1.165) is 37.2 Å². The lowest BCUT2D eigenvalue weighted by Gasteiger charge is -2.31. The molecular weight excluding hydrogens is 302 g/mol. The van der Waals surface area contributed by atoms with Crippen LogP contribution in [0, 0.1) is 0 Å². The minimum atomic E-state index is 0.0705. The molecule has 2 heterocycles. The van der Waals surface area contributed by atoms with Crippen LogP contribution < -0.4 is 0 Å². The van der Waals surface area contributed by atoms with Crippen LogP contribution in [0.25, 0.3) is 6.08 Å². The molecule has 0 atom stereocenters. The Labute approximate surface area is 142 Å². The zero-order valence-electron chi connectivity index (χ0n) is 13.7. The van der Waals surface area contributed by atoms with Crippen molar-refractivity contribution in [2.24, 2.45) is 0 Å². The largest absolute Gasteiger partial charge is 0.394 e. The summed E-state index contributed by atoms with van der Waals surface area (Å²) in [6.07, 6.45) is 7.17. The third-order valence-corrected chi connectivity index (χ3v) is 4.50. The molecule has 1 aromatic carbocycles. The van der Waals surface area contributed by atoms with Crippen LogP contribution >= 0.6 is 0 Å². The number of hydrogen-bond donors (Lipinski definition) is 1. The van der Waals surface area contributed by atoms with E-state index in [1.807, 2.05) is 52.1 Å². The third kappa shape index (κ3) is 3.92. The second-order valence-corrected chi connectivity index (χ2v) is 6.05. The quantitative estimate of drug-likeness (QED) is 0.858. The number of aliphatic hydroxyl groups excluding tert-OH is 1. The van der Waals surface area contributed by atoms with E-state index >= 15 is 0 Å². The second kappa shape index (κ2) is 7.93. The molecule has 1 N–H and O–H groups in total. The summed E-state index contributed by atoms with van der Waals surface area (Å²) in [5.74, 6) is 0.474. The number of carbonyl (C=O) groups excluding carboxylic acids is 1. The van der Waals surface area contributed by atoms with Gasteiger partial charge in [0.05, 0.1) is 13.2 Å². The van der Waals surface area contributed by atoms with Gasteiger partial charge >= 0.3 is 0 Å². The molecule has 24 heavy (non-hydrogen) atoms. The molecule has 1 aliphatic rings. The zero-order chi connectivity index (χ0) is 16.8. The summed E-state index contributed by atoms with van der Waals surface area (Å²) in [6.45, 7) is 2.14. The maximum Gasteiger partial charge on any atom is 0.246 e. The van der Waals surface area contributed by atoms with E-state index in [2.05, 4.69) is 5.10 Å². The number of rotatable bonds is 5. The molecule has 1 aliphatic heterocycles. The smallest absolute Gasteiger partial charge is 0.246 e. The van der Waals surface area contributed by atoms with Crippen LogP contribution in [0.5, 0.6) is 0 Å². The first kappa shape index (κ1) is 16.5. The average Bonchev–Trinajstić information content (AvgIpc) is 3.09. The summed E-state index contributed by atoms with van der Waals surface area (Å²) in [4.78, 5) is 14.2. The van der Waals surface area contributed by atoms with Gasteiger partial charge < -0.3 is 10.0 Å². The summed E-state index contributed by atoms with van der Waals surface area (Å²) in [5.41, 5.74) is 2.20. The minimum absolute atomic E-state index is 0.0705. The van der Waals surface area contributed by atoms with Gasteiger partial charge in [0, 0.05) is 37.0 Å². The normalized spacial score (nSPS) is 16.0. The lowest BCUT2D eigenvalue weighted by Crippen LogP contribution is -2.37. The Morgan fingerprint density at radius 3 is 2.67 bits per heavy atom. The summed E-state index contributed by atoms with van der Waals surface area (Å²) >= 11 is 0. The van der Waals surface area contributed by atoms with Gasteiger partial charge in [-0.05, 0) is 30.5 Å². The van der Waals surface area contributed by atoms with Gasteiger partial charge in [-0.3, -0.25) is 9.48 Å². The molecule has 3 rings (SSSR count). The molecule has 1 amide bonds. The van der Waals surface area contributed by atoms with Gasteiger partial charge in [0.15, 0.2) is 0 Å². The molecule has 0 bridgehead atoms. The van der Waals surface area contributed by atoms with Gasteiger partial charge in [-0.15, -0.1) is 0 Å². The number of likely N-dealkylation sites (tertiary alicyclic amines) is 1. The molecule has 0 spiro atoms. The zero-order valence-corrected chi connectivity index (χ0v) is 13.7. The maximum absolute atomic E-state index is 12.3. The molecule has 0 radical (unpaired) electrons. The summed E-state index contributed by atoms with van der Waals surface area (Å²) in [5, 5.41) is 13.4. The fraction of sp³-hybridized carbons (Fsp3) is 0.368. The minimum Gasteiger partial charge on any atom is -0.394 e. The van der Waals surface area contributed by atoms with Gasteiger partial charge in [0.1, 0.15) is 0 Å². The molecule has 5 nitrogen and oxygen atoms in total. The first-order chi connectivity index (χ1) is 11.8. The number of aliphatic hydroxyl groups is 1. The number of carbonyl (C=O) groups is 1. The first-order valence-corrected chi connectivity index (χ1v) is 8.42. The topological polar surface area (TPSA) is 58.4 Å². The Morgan fingerprint density at radius 1 is 1.21 bits per heavy atom. The number of aromatic nitrogens is 2. The van der Waals surface area contributed by atoms with Crippen molar-refractivity contribution in [1.29, 1.82) is 0 Å². The van der Waals surface area contributed by atoms with Crippen molar-refractivity contribution in [2.75, 3.05) is 19.7 Å². The van der Waals surface area contributed by atoms with E-state index in [-0.39, 0.29) is 12.5 Å². The molecule has 1 saturated heterocycles. The van der Waals surface area contributed by atoms with Gasteiger partial charge in [0.25, 0.3) is 0 Å². The van der Waals surface area contributed by atoms with Gasteiger partial charge in [-0.2, -0.15) is 5.10 Å². The van der Waals surface area contributed by atoms with Crippen LogP contribution in [0.15, 0.2) is 48.7 Å². The molecule has 5 heteroatoms. The van der Waals surface area contributed by atoms with Crippen LogP contribution in [0.3, 0.4) is 0 Å². The van der Waals surface area contributed by atoms with Crippen molar-refractivity contribution in [3.63, 3.8) is 0 Å². The monoisotopic (exact) mass is 325 g/mol. The van der Waals surface area contributed by atoms with Crippen LogP contribution in [0.2, 0.25) is 0 Å². The second-order valence-electron chi connectivity index (χ2n) is 6.05. The fourth-order valence-corrected chi connectivity index (χ4v) is 3.20. The highest BCUT2D eigenvalue weighted by atomic mass is 16.3. The lowest BCUT2D eigenvalue weighted by molar-refractivity contribution is -0.127. The number of nitrogens with zero attached hydrogens (tertiary/aromatic N) is 3. The third-order valence-electron chi connectivity index (χ3n) is 4.50. The van der Waals surface area contributed by atoms with E-state index in [1.165, 1.54) is 0 Å². The van der Waals surface area contributed by atoms with Crippen molar-refractivity contribution >= 4 is 12.0 Å². The Balaban J connectivity index is 1.55. The number of amides is 1. The standard InChI is InChI=1S/C19H23N3O2/c23-15-14-22-18(8-11-20-22)17-9-12-21(13-10-17)19(24)7-6-16-4-2-1-3-5-16/h1-8,11,17,23H,9-10,12-15H2/b7-6+. The number of hydrogen-bond acceptors (Lipinski definition) is 3. The molecule has 126 valence electrons. The Kier molecular flexibility index (Phi) is 5.43. The van der Waals surface area contributed by atoms with Gasteiger partial charge in [-0.1, -0.05) is 30.3 Å². The van der Waals surface area contributed by atoms with Crippen molar-refractivity contribution in [3.8, 4) is 0 Å². The predicted octanol–water partition coefficient (Wildman–Crippen LogP) is 2.29. The maximum atomic E-state index is 12.3. The molecule has 0 saturated carbocycles. The molecule has 1 aromatic heterocycles. The van der Waals surface area contributed by atoms with Gasteiger partial charge in [0.2, 0.25) is 5.91 Å². The fourth-order valence-electron chi connectivity index (χ4n) is 3.20. The molecule has 0 aliphatic carbocycles. The lowest BCUT2D eigenvalue weighted by atomic mass is 9.93. The van der Waals surface area contributed by atoms with E-state index in [9.17, 15) is 4.79 Å². The van der Waals surface area contributed by atoms with Crippen LogP contribution in [0.1, 0.15) is 30.0 Å². The average molecular weight is 325 g/mol. The van der Waals surface area contributed by atoms with Crippen LogP contribution in [-0.4, -0.2) is 45.4 Å². The summed E-state index contributed by atoms with van der Waals surface area (Å²) < 4.78 is 1.87. The predicted molar refractivity (Wildman–Crippen MR) is 93.3 cm³/mol. The first-order valence-electron chi connectivity index (χ1n) is 8.42. The molecular formula is C19H23N3O2. The summed E-state index contributed by atoms with van der Waals surface area (Å²) in [7, 11) is 0. The molecule has 0 unspecified atom stereocenters. The molecule has 2 aromatic rings.